The Morgan fingerprint density at radius 2 is 2.00 bits per heavy atom. The maximum atomic E-state index is 11.2. The van der Waals surface area contributed by atoms with Gasteiger partial charge in [0.15, 0.2) is 0 Å². The van der Waals surface area contributed by atoms with Crippen LogP contribution in [0.1, 0.15) is 25.8 Å². The van der Waals surface area contributed by atoms with Crippen LogP contribution in [0.4, 0.5) is 5.69 Å². The smallest absolute Gasteiger partial charge is 0.315 e. The van der Waals surface area contributed by atoms with E-state index in [-0.39, 0.29) is 19.0 Å². The van der Waals surface area contributed by atoms with Crippen LogP contribution in [0.5, 0.6) is 0 Å². The molecule has 0 unspecified atom stereocenters. The topological polar surface area (TPSA) is 55.4 Å². The van der Waals surface area contributed by atoms with E-state index in [1.165, 1.54) is 6.08 Å². The van der Waals surface area contributed by atoms with Crippen molar-refractivity contribution in [3.63, 3.8) is 0 Å². The Kier molecular flexibility index (Phi) is 9.04. The molecule has 0 aliphatic heterocycles. The average molecular weight is 301 g/mol. The van der Waals surface area contributed by atoms with Gasteiger partial charge in [0.25, 0.3) is 0 Å². The van der Waals surface area contributed by atoms with Crippen molar-refractivity contribution < 1.29 is 14.3 Å². The second-order valence-corrected chi connectivity index (χ2v) is 4.99. The normalized spacial score (nSPS) is 9.55. The Labute approximate surface area is 132 Å². The summed E-state index contributed by atoms with van der Waals surface area (Å²) < 4.78 is 4.80. The van der Waals surface area contributed by atoms with Gasteiger partial charge in [0.1, 0.15) is 6.29 Å². The largest absolute Gasteiger partial charge is 0.465 e. The fourth-order valence-corrected chi connectivity index (χ4v) is 1.20. The van der Waals surface area contributed by atoms with Crippen LogP contribution >= 0.6 is 0 Å². The molecule has 0 atom stereocenters. The summed E-state index contributed by atoms with van der Waals surface area (Å²) >= 11 is 0. The van der Waals surface area contributed by atoms with Crippen molar-refractivity contribution in [1.29, 1.82) is 0 Å². The highest BCUT2D eigenvalue weighted by atomic mass is 16.5. The van der Waals surface area contributed by atoms with Gasteiger partial charge in [-0.15, -0.1) is 13.0 Å². The number of terminal acetylenes is 1. The van der Waals surface area contributed by atoms with Crippen LogP contribution in [0, 0.1) is 17.8 Å². The maximum absolute atomic E-state index is 11.2. The van der Waals surface area contributed by atoms with E-state index in [1.54, 1.807) is 13.8 Å². The molecule has 4 heteroatoms. The summed E-state index contributed by atoms with van der Waals surface area (Å²) in [5, 5.41) is 3.01. The molecular formula is C18H23NO3. The van der Waals surface area contributed by atoms with Gasteiger partial charge in [-0.05, 0) is 38.1 Å². The van der Waals surface area contributed by atoms with Crippen LogP contribution in [0.3, 0.4) is 0 Å². The van der Waals surface area contributed by atoms with Gasteiger partial charge >= 0.3 is 5.97 Å². The van der Waals surface area contributed by atoms with Crippen LogP contribution in [0.25, 0.3) is 0 Å². The Hall–Kier alpha value is -2.54. The number of hydrogen-bond donors (Lipinski definition) is 1. The van der Waals surface area contributed by atoms with E-state index >= 15 is 0 Å². The molecule has 0 saturated heterocycles. The summed E-state index contributed by atoms with van der Waals surface area (Å²) in [5.41, 5.74) is 1.33. The maximum Gasteiger partial charge on any atom is 0.315 e. The molecule has 0 aliphatic rings. The highest BCUT2D eigenvalue weighted by Crippen LogP contribution is 2.17. The minimum Gasteiger partial charge on any atom is -0.465 e. The van der Waals surface area contributed by atoms with Gasteiger partial charge in [-0.3, -0.25) is 4.79 Å². The Morgan fingerprint density at radius 1 is 1.41 bits per heavy atom. The molecule has 1 rings (SSSR count). The lowest BCUT2D eigenvalue weighted by Gasteiger charge is -2.16. The zero-order chi connectivity index (χ0) is 17.0. The molecule has 1 aromatic carbocycles. The van der Waals surface area contributed by atoms with Crippen molar-refractivity contribution in [3.05, 3.63) is 42.5 Å². The third kappa shape index (κ3) is 7.30. The third-order valence-corrected chi connectivity index (χ3v) is 2.85. The van der Waals surface area contributed by atoms with Crippen molar-refractivity contribution in [1.82, 2.24) is 0 Å². The molecule has 0 fully saturated rings. The van der Waals surface area contributed by atoms with E-state index in [0.29, 0.717) is 6.29 Å². The fourth-order valence-electron chi connectivity index (χ4n) is 1.20. The molecule has 118 valence electrons. The number of hydrogen-bond acceptors (Lipinski definition) is 4. The number of esters is 1. The number of carbonyl (C=O) groups excluding carboxylic acids is 2. The van der Waals surface area contributed by atoms with Gasteiger partial charge in [-0.1, -0.05) is 12.0 Å². The zero-order valence-corrected chi connectivity index (χ0v) is 13.4. The Morgan fingerprint density at radius 3 is 2.41 bits per heavy atom. The highest BCUT2D eigenvalue weighted by Gasteiger charge is 2.24. The summed E-state index contributed by atoms with van der Waals surface area (Å²) in [6.45, 7) is 7.09. The van der Waals surface area contributed by atoms with E-state index < -0.39 is 5.41 Å². The molecule has 0 amide bonds. The summed E-state index contributed by atoms with van der Waals surface area (Å²) in [5.74, 6) is 2.20. The summed E-state index contributed by atoms with van der Waals surface area (Å²) in [6.07, 6.45) is 7.66. The van der Waals surface area contributed by atoms with E-state index in [2.05, 4.69) is 17.8 Å². The second kappa shape index (κ2) is 10.2. The van der Waals surface area contributed by atoms with Crippen LogP contribution < -0.4 is 5.32 Å². The highest BCUT2D eigenvalue weighted by molar-refractivity contribution is 5.78. The molecule has 0 aromatic heterocycles. The number of rotatable bonds is 6. The standard InChI is InChI=1S/C9H9N.C9H14O3/c1-3-8-4-6-9(10-2)7-5-8;1-4-9(2,3)8(11)12-7-5-6-10/h1,4-7,10H,2H3;4,6H,1,5,7H2,2-3H3. The predicted molar refractivity (Wildman–Crippen MR) is 89.5 cm³/mol. The number of benzene rings is 1. The lowest BCUT2D eigenvalue weighted by atomic mass is 9.94. The van der Waals surface area contributed by atoms with Crippen LogP contribution in [0.15, 0.2) is 36.9 Å². The van der Waals surface area contributed by atoms with Crippen molar-refractivity contribution in [2.75, 3.05) is 19.0 Å². The molecule has 4 nitrogen and oxygen atoms in total. The summed E-state index contributed by atoms with van der Waals surface area (Å²) in [7, 11) is 1.88. The number of ether oxygens (including phenoxy) is 1. The third-order valence-electron chi connectivity index (χ3n) is 2.85. The van der Waals surface area contributed by atoms with Gasteiger partial charge in [0, 0.05) is 24.7 Å². The molecule has 1 aromatic rings. The van der Waals surface area contributed by atoms with Crippen molar-refractivity contribution >= 4 is 17.9 Å². The van der Waals surface area contributed by atoms with Gasteiger partial charge < -0.3 is 14.8 Å². The fraction of sp³-hybridized carbons (Fsp3) is 0.333. The van der Waals surface area contributed by atoms with Gasteiger partial charge in [-0.2, -0.15) is 0 Å². The Bertz CT molecular complexity index is 524. The molecule has 0 heterocycles. The number of carbonyl (C=O) groups is 2. The first kappa shape index (κ1) is 19.5. The van der Waals surface area contributed by atoms with Crippen LogP contribution in [-0.4, -0.2) is 25.9 Å². The lowest BCUT2D eigenvalue weighted by molar-refractivity contribution is -0.151. The number of nitrogens with one attached hydrogen (secondary N) is 1. The quantitative estimate of drug-likeness (QED) is 0.288. The molecule has 0 radical (unpaired) electrons. The minimum absolute atomic E-state index is 0.152. The van der Waals surface area contributed by atoms with Crippen molar-refractivity contribution in [2.24, 2.45) is 5.41 Å². The Balaban J connectivity index is 0.000000406. The number of anilines is 1. The van der Waals surface area contributed by atoms with Crippen molar-refractivity contribution in [2.45, 2.75) is 20.3 Å². The SMILES string of the molecule is C#Cc1ccc(NC)cc1.C=CC(C)(C)C(=O)OCCC=O. The monoisotopic (exact) mass is 301 g/mol. The molecule has 0 aliphatic carbocycles. The van der Waals surface area contributed by atoms with Gasteiger partial charge in [-0.25, -0.2) is 0 Å². The predicted octanol–water partition coefficient (Wildman–Crippen LogP) is 3.04. The first-order chi connectivity index (χ1) is 10.4. The molecule has 1 N–H and O–H groups in total. The van der Waals surface area contributed by atoms with E-state index in [9.17, 15) is 9.59 Å². The molecule has 0 saturated carbocycles. The van der Waals surface area contributed by atoms with Crippen LogP contribution in [0.2, 0.25) is 0 Å². The summed E-state index contributed by atoms with van der Waals surface area (Å²) in [6, 6.07) is 7.72. The first-order valence-electron chi connectivity index (χ1n) is 6.90. The lowest BCUT2D eigenvalue weighted by Crippen LogP contribution is -2.24. The van der Waals surface area contributed by atoms with E-state index in [0.717, 1.165) is 11.3 Å². The molecule has 0 spiro atoms. The minimum atomic E-state index is -0.664. The van der Waals surface area contributed by atoms with Crippen molar-refractivity contribution in [3.8, 4) is 12.3 Å². The van der Waals surface area contributed by atoms with Gasteiger partial charge in [0.2, 0.25) is 0 Å². The molecule has 22 heavy (non-hydrogen) atoms. The summed E-state index contributed by atoms with van der Waals surface area (Å²) in [4.78, 5) is 21.1. The van der Waals surface area contributed by atoms with Crippen LogP contribution in [-0.2, 0) is 14.3 Å². The zero-order valence-electron chi connectivity index (χ0n) is 13.4. The second-order valence-electron chi connectivity index (χ2n) is 4.99. The average Bonchev–Trinajstić information content (AvgIpc) is 2.55. The first-order valence-corrected chi connectivity index (χ1v) is 6.90. The number of aldehydes is 1. The molecule has 0 bridgehead atoms. The van der Waals surface area contributed by atoms with E-state index in [1.807, 2.05) is 31.3 Å². The molecular weight excluding hydrogens is 278 g/mol. The van der Waals surface area contributed by atoms with E-state index in [4.69, 9.17) is 11.2 Å². The van der Waals surface area contributed by atoms with Gasteiger partial charge in [0.05, 0.1) is 12.0 Å².